The number of fused-ring (bicyclic) bond motifs is 1. The van der Waals surface area contributed by atoms with Gasteiger partial charge in [0.1, 0.15) is 11.4 Å². The van der Waals surface area contributed by atoms with Crippen molar-refractivity contribution in [1.29, 1.82) is 0 Å². The second-order valence-corrected chi connectivity index (χ2v) is 2.44. The van der Waals surface area contributed by atoms with Gasteiger partial charge in [-0.1, -0.05) is 0 Å². The van der Waals surface area contributed by atoms with Gasteiger partial charge in [0.25, 0.3) is 0 Å². The van der Waals surface area contributed by atoms with Crippen molar-refractivity contribution in [3.8, 4) is 0 Å². The molecule has 2 heterocycles. The third-order valence-corrected chi connectivity index (χ3v) is 1.69. The molecule has 1 aliphatic rings. The average Bonchev–Trinajstić information content (AvgIpc) is 2.47. The molecule has 0 fully saturated rings. The highest BCUT2D eigenvalue weighted by Crippen LogP contribution is 2.17. The van der Waals surface area contributed by atoms with E-state index in [1.807, 2.05) is 6.08 Å². The number of nitrogens with zero attached hydrogens (tertiary/aromatic N) is 2. The number of nitrogens with one attached hydrogen (secondary N) is 1. The second kappa shape index (κ2) is 2.37. The molecule has 0 bridgehead atoms. The summed E-state index contributed by atoms with van der Waals surface area (Å²) >= 11 is 0. The largest absolute Gasteiger partial charge is 0.477 e. The lowest BCUT2D eigenvalue weighted by atomic mass is 10.3. The average molecular weight is 165 g/mol. The van der Waals surface area contributed by atoms with Crippen LogP contribution in [0.4, 0.5) is 5.82 Å². The van der Waals surface area contributed by atoms with Gasteiger partial charge in [-0.2, -0.15) is 5.10 Å². The van der Waals surface area contributed by atoms with Gasteiger partial charge in [0.15, 0.2) is 0 Å². The van der Waals surface area contributed by atoms with Gasteiger partial charge in [-0.25, -0.2) is 9.48 Å². The highest BCUT2D eigenvalue weighted by Gasteiger charge is 2.16. The van der Waals surface area contributed by atoms with E-state index in [4.69, 9.17) is 5.11 Å². The molecule has 1 aromatic rings. The maximum Gasteiger partial charge on any atom is 0.341 e. The Labute approximate surface area is 68.3 Å². The van der Waals surface area contributed by atoms with Crippen molar-refractivity contribution in [1.82, 2.24) is 9.78 Å². The van der Waals surface area contributed by atoms with E-state index in [9.17, 15) is 4.79 Å². The smallest absolute Gasteiger partial charge is 0.341 e. The number of aromatic carboxylic acids is 1. The highest BCUT2D eigenvalue weighted by atomic mass is 16.4. The molecule has 0 atom stereocenters. The van der Waals surface area contributed by atoms with Gasteiger partial charge in [0.2, 0.25) is 0 Å². The first-order valence-electron chi connectivity index (χ1n) is 3.49. The van der Waals surface area contributed by atoms with Crippen LogP contribution in [0.25, 0.3) is 0 Å². The lowest BCUT2D eigenvalue weighted by molar-refractivity contribution is 0.0698. The Morgan fingerprint density at radius 2 is 2.58 bits per heavy atom. The summed E-state index contributed by atoms with van der Waals surface area (Å²) in [6.45, 7) is 0.621. The van der Waals surface area contributed by atoms with E-state index >= 15 is 0 Å². The Bertz CT molecular complexity index is 354. The summed E-state index contributed by atoms with van der Waals surface area (Å²) in [4.78, 5) is 10.6. The van der Waals surface area contributed by atoms with Crippen molar-refractivity contribution < 1.29 is 9.90 Å². The fourth-order valence-corrected chi connectivity index (χ4v) is 1.12. The Kier molecular flexibility index (Phi) is 1.36. The van der Waals surface area contributed by atoms with Crippen molar-refractivity contribution in [2.24, 2.45) is 0 Å². The maximum atomic E-state index is 10.6. The minimum atomic E-state index is -0.959. The van der Waals surface area contributed by atoms with Crippen LogP contribution in [0.2, 0.25) is 0 Å². The van der Waals surface area contributed by atoms with Gasteiger partial charge >= 0.3 is 5.97 Å². The SMILES string of the molecule is O=C(O)c1cnn2c1NC=CC2. The zero-order chi connectivity index (χ0) is 8.55. The standard InChI is InChI=1S/C7H7N3O2/c11-7(12)5-4-9-10-3-1-2-8-6(5)10/h1-2,4,8H,3H2,(H,11,12). The summed E-state index contributed by atoms with van der Waals surface area (Å²) in [5.74, 6) is -0.413. The number of aromatic nitrogens is 2. The molecule has 2 rings (SSSR count). The van der Waals surface area contributed by atoms with Crippen molar-refractivity contribution in [3.63, 3.8) is 0 Å². The molecule has 2 N–H and O–H groups in total. The summed E-state index contributed by atoms with van der Waals surface area (Å²) in [5, 5.41) is 15.4. The Morgan fingerprint density at radius 1 is 1.75 bits per heavy atom. The molecule has 0 saturated carbocycles. The highest BCUT2D eigenvalue weighted by molar-refractivity contribution is 5.93. The van der Waals surface area contributed by atoms with Crippen LogP contribution >= 0.6 is 0 Å². The first-order valence-corrected chi connectivity index (χ1v) is 3.49. The summed E-state index contributed by atoms with van der Waals surface area (Å²) in [6.07, 6.45) is 4.92. The molecule has 0 spiro atoms. The molecule has 0 saturated heterocycles. The van der Waals surface area contributed by atoms with Crippen LogP contribution in [0.15, 0.2) is 18.5 Å². The van der Waals surface area contributed by atoms with Gasteiger partial charge in [-0.15, -0.1) is 0 Å². The normalized spacial score (nSPS) is 13.7. The van der Waals surface area contributed by atoms with Crippen molar-refractivity contribution in [3.05, 3.63) is 24.0 Å². The topological polar surface area (TPSA) is 67.1 Å². The number of hydrogen-bond donors (Lipinski definition) is 2. The van der Waals surface area contributed by atoms with Crippen LogP contribution in [-0.2, 0) is 6.54 Å². The van der Waals surface area contributed by atoms with Crippen LogP contribution in [0.5, 0.6) is 0 Å². The Hall–Kier alpha value is -1.78. The monoisotopic (exact) mass is 165 g/mol. The first-order chi connectivity index (χ1) is 5.79. The van der Waals surface area contributed by atoms with Crippen molar-refractivity contribution >= 4 is 11.8 Å². The molecule has 0 radical (unpaired) electrons. The number of carbonyl (C=O) groups is 1. The van der Waals surface area contributed by atoms with E-state index in [1.54, 1.807) is 10.9 Å². The second-order valence-electron chi connectivity index (χ2n) is 2.44. The van der Waals surface area contributed by atoms with E-state index in [0.717, 1.165) is 0 Å². The molecule has 62 valence electrons. The lowest BCUT2D eigenvalue weighted by Crippen LogP contribution is -2.10. The predicted molar refractivity (Wildman–Crippen MR) is 41.9 cm³/mol. The quantitative estimate of drug-likeness (QED) is 0.636. The Morgan fingerprint density at radius 3 is 3.33 bits per heavy atom. The van der Waals surface area contributed by atoms with E-state index in [-0.39, 0.29) is 5.56 Å². The molecule has 1 aromatic heterocycles. The van der Waals surface area contributed by atoms with Crippen molar-refractivity contribution in [2.45, 2.75) is 6.54 Å². The molecule has 5 nitrogen and oxygen atoms in total. The van der Waals surface area contributed by atoms with E-state index in [1.165, 1.54) is 6.20 Å². The lowest BCUT2D eigenvalue weighted by Gasteiger charge is -2.09. The predicted octanol–water partition coefficient (Wildman–Crippen LogP) is 0.520. The van der Waals surface area contributed by atoms with Gasteiger partial charge in [0, 0.05) is 6.20 Å². The number of carboxylic acid groups (broad SMARTS) is 1. The van der Waals surface area contributed by atoms with Gasteiger partial charge in [-0.3, -0.25) is 0 Å². The molecule has 0 aliphatic carbocycles. The third-order valence-electron chi connectivity index (χ3n) is 1.69. The van der Waals surface area contributed by atoms with Gasteiger partial charge < -0.3 is 10.4 Å². The van der Waals surface area contributed by atoms with Gasteiger partial charge in [-0.05, 0) is 6.08 Å². The molecule has 5 heteroatoms. The fourth-order valence-electron chi connectivity index (χ4n) is 1.12. The van der Waals surface area contributed by atoms with Crippen LogP contribution in [0.3, 0.4) is 0 Å². The van der Waals surface area contributed by atoms with E-state index < -0.39 is 5.97 Å². The summed E-state index contributed by atoms with van der Waals surface area (Å²) in [6, 6.07) is 0. The van der Waals surface area contributed by atoms with Gasteiger partial charge in [0.05, 0.1) is 12.7 Å². The molecular formula is C7H7N3O2. The minimum Gasteiger partial charge on any atom is -0.477 e. The molecule has 0 unspecified atom stereocenters. The zero-order valence-electron chi connectivity index (χ0n) is 6.19. The van der Waals surface area contributed by atoms with E-state index in [2.05, 4.69) is 10.4 Å². The number of rotatable bonds is 1. The summed E-state index contributed by atoms with van der Waals surface area (Å²) in [7, 11) is 0. The maximum absolute atomic E-state index is 10.6. The first kappa shape index (κ1) is 6.90. The molecule has 0 aromatic carbocycles. The number of hydrogen-bond acceptors (Lipinski definition) is 3. The number of carboxylic acids is 1. The van der Waals surface area contributed by atoms with Crippen LogP contribution < -0.4 is 5.32 Å². The Balaban J connectivity index is 2.48. The number of allylic oxidation sites excluding steroid dienone is 1. The van der Waals surface area contributed by atoms with E-state index in [0.29, 0.717) is 12.4 Å². The molecule has 0 amide bonds. The molecular weight excluding hydrogens is 158 g/mol. The third kappa shape index (κ3) is 0.868. The van der Waals surface area contributed by atoms with Crippen LogP contribution in [0.1, 0.15) is 10.4 Å². The van der Waals surface area contributed by atoms with Crippen molar-refractivity contribution in [2.75, 3.05) is 5.32 Å². The number of anilines is 1. The zero-order valence-corrected chi connectivity index (χ0v) is 6.19. The van der Waals surface area contributed by atoms with Crippen LogP contribution in [-0.4, -0.2) is 20.9 Å². The van der Waals surface area contributed by atoms with Crippen LogP contribution in [0, 0.1) is 0 Å². The fraction of sp³-hybridized carbons (Fsp3) is 0.143. The summed E-state index contributed by atoms with van der Waals surface area (Å²) < 4.78 is 1.60. The minimum absolute atomic E-state index is 0.208. The molecule has 12 heavy (non-hydrogen) atoms. The summed E-state index contributed by atoms with van der Waals surface area (Å²) in [5.41, 5.74) is 0.208. The molecule has 1 aliphatic heterocycles.